The van der Waals surface area contributed by atoms with Crippen LogP contribution >= 0.6 is 0 Å². The van der Waals surface area contributed by atoms with Crippen LogP contribution in [-0.2, 0) is 19.1 Å². The minimum atomic E-state index is -0.480. The molecule has 28 heavy (non-hydrogen) atoms. The van der Waals surface area contributed by atoms with Crippen LogP contribution in [0.15, 0.2) is 0 Å². The molecule has 0 aromatic rings. The summed E-state index contributed by atoms with van der Waals surface area (Å²) in [5.41, 5.74) is 0.704. The van der Waals surface area contributed by atoms with E-state index in [-0.39, 0.29) is 6.42 Å². The lowest BCUT2D eigenvalue weighted by Crippen LogP contribution is -2.17. The third-order valence-electron chi connectivity index (χ3n) is 5.05. The SMILES string of the molecule is CC(CCCC(C)(C)C)CCOC(=O)CC(=O)OCCC(C)CCC(C)(C)C. The van der Waals surface area contributed by atoms with E-state index in [0.717, 1.165) is 32.1 Å². The Balaban J connectivity index is 3.77. The van der Waals surface area contributed by atoms with E-state index in [1.165, 1.54) is 12.8 Å². The Morgan fingerprint density at radius 2 is 1.11 bits per heavy atom. The molecule has 0 saturated carbocycles. The average molecular weight is 399 g/mol. The van der Waals surface area contributed by atoms with Crippen LogP contribution in [0.1, 0.15) is 107 Å². The Labute approximate surface area is 174 Å². The smallest absolute Gasteiger partial charge is 0.317 e. The van der Waals surface area contributed by atoms with Gasteiger partial charge < -0.3 is 9.47 Å². The van der Waals surface area contributed by atoms with Crippen LogP contribution < -0.4 is 0 Å². The molecule has 4 heteroatoms. The van der Waals surface area contributed by atoms with Crippen molar-refractivity contribution >= 4 is 11.9 Å². The third-order valence-corrected chi connectivity index (χ3v) is 5.05. The van der Waals surface area contributed by atoms with Gasteiger partial charge in [-0.05, 0) is 48.3 Å². The minimum absolute atomic E-state index is 0.283. The predicted molar refractivity (Wildman–Crippen MR) is 116 cm³/mol. The largest absolute Gasteiger partial charge is 0.465 e. The van der Waals surface area contributed by atoms with Crippen molar-refractivity contribution in [3.05, 3.63) is 0 Å². The quantitative estimate of drug-likeness (QED) is 0.260. The molecular weight excluding hydrogens is 352 g/mol. The molecule has 0 spiro atoms. The lowest BCUT2D eigenvalue weighted by Gasteiger charge is -2.20. The first kappa shape index (κ1) is 26.9. The molecule has 0 aromatic heterocycles. The summed E-state index contributed by atoms with van der Waals surface area (Å²) in [6.07, 6.45) is 7.22. The van der Waals surface area contributed by atoms with Crippen molar-refractivity contribution in [2.24, 2.45) is 22.7 Å². The second kappa shape index (κ2) is 13.2. The van der Waals surface area contributed by atoms with Crippen molar-refractivity contribution in [2.75, 3.05) is 13.2 Å². The van der Waals surface area contributed by atoms with Crippen LogP contribution in [0.5, 0.6) is 0 Å². The van der Waals surface area contributed by atoms with Crippen LogP contribution in [0.25, 0.3) is 0 Å². The fraction of sp³-hybridized carbons (Fsp3) is 0.917. The molecule has 0 aliphatic heterocycles. The fourth-order valence-electron chi connectivity index (χ4n) is 2.92. The lowest BCUT2D eigenvalue weighted by atomic mass is 9.86. The summed E-state index contributed by atoms with van der Waals surface area (Å²) in [7, 11) is 0. The molecule has 0 saturated heterocycles. The highest BCUT2D eigenvalue weighted by atomic mass is 16.6. The van der Waals surface area contributed by atoms with Gasteiger partial charge in [-0.2, -0.15) is 0 Å². The molecule has 0 aliphatic carbocycles. The van der Waals surface area contributed by atoms with Crippen molar-refractivity contribution in [1.82, 2.24) is 0 Å². The number of hydrogen-bond acceptors (Lipinski definition) is 4. The second-order valence-electron chi connectivity index (χ2n) is 11.0. The van der Waals surface area contributed by atoms with Gasteiger partial charge in [0.1, 0.15) is 6.42 Å². The third kappa shape index (κ3) is 18.3. The van der Waals surface area contributed by atoms with Crippen molar-refractivity contribution in [3.63, 3.8) is 0 Å². The van der Waals surface area contributed by atoms with Gasteiger partial charge in [0.2, 0.25) is 0 Å². The summed E-state index contributed by atoms with van der Waals surface area (Å²) < 4.78 is 10.4. The van der Waals surface area contributed by atoms with Gasteiger partial charge in [0.15, 0.2) is 0 Å². The van der Waals surface area contributed by atoms with Crippen LogP contribution in [0.3, 0.4) is 0 Å². The highest BCUT2D eigenvalue weighted by molar-refractivity contribution is 5.91. The van der Waals surface area contributed by atoms with E-state index < -0.39 is 11.9 Å². The fourth-order valence-corrected chi connectivity index (χ4v) is 2.92. The normalized spacial score (nSPS) is 14.4. The molecule has 2 atom stereocenters. The zero-order valence-electron chi connectivity index (χ0n) is 19.9. The summed E-state index contributed by atoms with van der Waals surface area (Å²) >= 11 is 0. The maximum absolute atomic E-state index is 11.8. The van der Waals surface area contributed by atoms with Gasteiger partial charge in [-0.25, -0.2) is 0 Å². The monoisotopic (exact) mass is 398 g/mol. The lowest BCUT2D eigenvalue weighted by molar-refractivity contribution is -0.154. The van der Waals surface area contributed by atoms with Gasteiger partial charge in [0.25, 0.3) is 0 Å². The summed E-state index contributed by atoms with van der Waals surface area (Å²) in [5.74, 6) is 0.0781. The Hall–Kier alpha value is -1.06. The van der Waals surface area contributed by atoms with E-state index in [1.807, 2.05) is 0 Å². The van der Waals surface area contributed by atoms with Gasteiger partial charge >= 0.3 is 11.9 Å². The van der Waals surface area contributed by atoms with Crippen LogP contribution in [0, 0.1) is 22.7 Å². The first-order valence-electron chi connectivity index (χ1n) is 11.1. The van der Waals surface area contributed by atoms with E-state index in [0.29, 0.717) is 35.9 Å². The topological polar surface area (TPSA) is 52.6 Å². The van der Waals surface area contributed by atoms with E-state index in [4.69, 9.17) is 9.47 Å². The molecule has 0 amide bonds. The molecule has 0 aromatic carbocycles. The molecule has 0 heterocycles. The molecule has 4 nitrogen and oxygen atoms in total. The Morgan fingerprint density at radius 3 is 1.54 bits per heavy atom. The molecule has 0 aliphatic rings. The van der Waals surface area contributed by atoms with Crippen molar-refractivity contribution < 1.29 is 19.1 Å². The maximum Gasteiger partial charge on any atom is 0.317 e. The van der Waals surface area contributed by atoms with E-state index in [9.17, 15) is 9.59 Å². The van der Waals surface area contributed by atoms with Crippen LogP contribution in [0.2, 0.25) is 0 Å². The molecular formula is C24H46O4. The van der Waals surface area contributed by atoms with E-state index in [1.54, 1.807) is 0 Å². The molecule has 0 radical (unpaired) electrons. The van der Waals surface area contributed by atoms with Crippen molar-refractivity contribution in [2.45, 2.75) is 107 Å². The zero-order valence-corrected chi connectivity index (χ0v) is 19.9. The average Bonchev–Trinajstić information content (AvgIpc) is 2.51. The van der Waals surface area contributed by atoms with Crippen molar-refractivity contribution in [3.8, 4) is 0 Å². The van der Waals surface area contributed by atoms with Crippen molar-refractivity contribution in [1.29, 1.82) is 0 Å². The number of carbonyl (C=O) groups is 2. The number of rotatable bonds is 13. The number of ether oxygens (including phenoxy) is 2. The molecule has 0 bridgehead atoms. The molecule has 166 valence electrons. The number of carbonyl (C=O) groups excluding carboxylic acids is 2. The van der Waals surface area contributed by atoms with Crippen LogP contribution in [-0.4, -0.2) is 25.2 Å². The second-order valence-corrected chi connectivity index (χ2v) is 11.0. The molecule has 0 N–H and O–H groups in total. The zero-order chi connectivity index (χ0) is 21.8. The highest BCUT2D eigenvalue weighted by Gasteiger charge is 2.16. The standard InChI is InChI=1S/C24H46O4/c1-19(10-9-14-23(3,4)5)12-16-27-21(25)18-22(26)28-17-13-20(2)11-15-24(6,7)8/h19-20H,9-18H2,1-8H3. The maximum atomic E-state index is 11.8. The summed E-state index contributed by atoms with van der Waals surface area (Å²) in [4.78, 5) is 23.5. The van der Waals surface area contributed by atoms with Crippen LogP contribution in [0.4, 0.5) is 0 Å². The number of esters is 2. The predicted octanol–water partition coefficient (Wildman–Crippen LogP) is 6.56. The Bertz CT molecular complexity index is 443. The van der Waals surface area contributed by atoms with Gasteiger partial charge in [0, 0.05) is 0 Å². The first-order chi connectivity index (χ1) is 12.8. The van der Waals surface area contributed by atoms with Gasteiger partial charge in [-0.3, -0.25) is 9.59 Å². The minimum Gasteiger partial charge on any atom is -0.465 e. The first-order valence-corrected chi connectivity index (χ1v) is 11.1. The molecule has 0 rings (SSSR count). The summed E-state index contributed by atoms with van der Waals surface area (Å²) in [5, 5.41) is 0. The van der Waals surface area contributed by atoms with Gasteiger partial charge in [0.05, 0.1) is 13.2 Å². The Kier molecular flexibility index (Phi) is 12.7. The number of hydrogen-bond donors (Lipinski definition) is 0. The Morgan fingerprint density at radius 1 is 0.679 bits per heavy atom. The molecule has 0 fully saturated rings. The van der Waals surface area contributed by atoms with E-state index >= 15 is 0 Å². The molecule has 2 unspecified atom stereocenters. The van der Waals surface area contributed by atoms with Gasteiger partial charge in [-0.1, -0.05) is 74.7 Å². The summed E-state index contributed by atoms with van der Waals surface area (Å²) in [6.45, 7) is 18.6. The van der Waals surface area contributed by atoms with E-state index in [2.05, 4.69) is 55.4 Å². The highest BCUT2D eigenvalue weighted by Crippen LogP contribution is 2.25. The summed E-state index contributed by atoms with van der Waals surface area (Å²) in [6, 6.07) is 0. The van der Waals surface area contributed by atoms with Gasteiger partial charge in [-0.15, -0.1) is 0 Å².